The first-order chi connectivity index (χ1) is 7.92. The van der Waals surface area contributed by atoms with Crippen LogP contribution in [0.1, 0.15) is 13.8 Å². The predicted octanol–water partition coefficient (Wildman–Crippen LogP) is -0.759. The molecule has 2 aliphatic heterocycles. The van der Waals surface area contributed by atoms with Crippen LogP contribution in [-0.2, 0) is 4.79 Å². The van der Waals surface area contributed by atoms with E-state index in [4.69, 9.17) is 0 Å². The van der Waals surface area contributed by atoms with Gasteiger partial charge in [-0.25, -0.2) is 4.79 Å². The van der Waals surface area contributed by atoms with Gasteiger partial charge in [0.25, 0.3) is 0 Å². The minimum absolute atomic E-state index is 0.106. The number of rotatable bonds is 4. The topological polar surface area (TPSA) is 72.9 Å². The molecule has 2 rings (SSSR count). The van der Waals surface area contributed by atoms with Crippen LogP contribution < -0.4 is 5.32 Å². The van der Waals surface area contributed by atoms with E-state index in [-0.39, 0.29) is 24.4 Å². The maximum absolute atomic E-state index is 11.3. The molecule has 2 heterocycles. The lowest BCUT2D eigenvalue weighted by molar-refractivity contribution is -0.132. The third kappa shape index (κ3) is 2.28. The highest BCUT2D eigenvalue weighted by Crippen LogP contribution is 2.28. The van der Waals surface area contributed by atoms with Gasteiger partial charge in [-0.3, -0.25) is 14.6 Å². The third-order valence-corrected chi connectivity index (χ3v) is 3.65. The molecule has 96 valence electrons. The molecule has 2 N–H and O–H groups in total. The Labute approximate surface area is 101 Å². The lowest BCUT2D eigenvalue weighted by Crippen LogP contribution is -2.65. The fraction of sp³-hybridized carbons (Fsp3) is 0.818. The van der Waals surface area contributed by atoms with Crippen molar-refractivity contribution in [1.82, 2.24) is 15.1 Å². The van der Waals surface area contributed by atoms with E-state index in [1.807, 2.05) is 13.8 Å². The number of hydrogen-bond donors (Lipinski definition) is 2. The molecule has 0 radical (unpaired) electrons. The van der Waals surface area contributed by atoms with Gasteiger partial charge in [0.05, 0.1) is 12.1 Å². The Morgan fingerprint density at radius 2 is 2.00 bits per heavy atom. The van der Waals surface area contributed by atoms with Crippen molar-refractivity contribution in [2.75, 3.05) is 32.7 Å². The van der Waals surface area contributed by atoms with Crippen molar-refractivity contribution in [2.24, 2.45) is 5.92 Å². The van der Waals surface area contributed by atoms with Crippen LogP contribution in [0.4, 0.5) is 4.79 Å². The van der Waals surface area contributed by atoms with Gasteiger partial charge in [0.15, 0.2) is 0 Å². The van der Waals surface area contributed by atoms with Crippen molar-refractivity contribution >= 4 is 11.9 Å². The van der Waals surface area contributed by atoms with Gasteiger partial charge >= 0.3 is 6.03 Å². The second kappa shape index (κ2) is 4.27. The maximum atomic E-state index is 11.3. The summed E-state index contributed by atoms with van der Waals surface area (Å²) in [5, 5.41) is 12.5. The number of imide groups is 1. The van der Waals surface area contributed by atoms with Crippen LogP contribution in [0.5, 0.6) is 0 Å². The number of carbonyl (C=O) groups excluding carboxylic acids is 2. The zero-order chi connectivity index (χ0) is 12.6. The van der Waals surface area contributed by atoms with E-state index in [9.17, 15) is 14.7 Å². The molecule has 0 saturated carbocycles. The van der Waals surface area contributed by atoms with Crippen LogP contribution >= 0.6 is 0 Å². The first kappa shape index (κ1) is 12.3. The van der Waals surface area contributed by atoms with Gasteiger partial charge in [-0.15, -0.1) is 0 Å². The highest BCUT2D eigenvalue weighted by atomic mass is 16.3. The standard InChI is InChI=1S/C11H19N3O3/c1-8(2)11(17)6-13(7-11)3-4-14-9(15)5-12-10(14)16/h8,17H,3-7H2,1-2H3,(H,12,16). The van der Waals surface area contributed by atoms with Crippen LogP contribution in [0.25, 0.3) is 0 Å². The molecular weight excluding hydrogens is 222 g/mol. The fourth-order valence-corrected chi connectivity index (χ4v) is 2.17. The molecule has 2 aliphatic rings. The average Bonchev–Trinajstić information content (AvgIpc) is 2.52. The molecule has 0 atom stereocenters. The van der Waals surface area contributed by atoms with E-state index < -0.39 is 5.60 Å². The number of β-amino-alcohol motifs (C(OH)–C–C–N with tert-alkyl or cyclic N) is 1. The number of urea groups is 1. The van der Waals surface area contributed by atoms with E-state index in [0.29, 0.717) is 26.2 Å². The third-order valence-electron chi connectivity index (χ3n) is 3.65. The second-order valence-electron chi connectivity index (χ2n) is 5.17. The van der Waals surface area contributed by atoms with Crippen LogP contribution in [0.3, 0.4) is 0 Å². The summed E-state index contributed by atoms with van der Waals surface area (Å²) in [6.45, 7) is 6.37. The molecule has 0 aliphatic carbocycles. The van der Waals surface area contributed by atoms with Gasteiger partial charge in [-0.2, -0.15) is 0 Å². The highest BCUT2D eigenvalue weighted by molar-refractivity contribution is 6.01. The van der Waals surface area contributed by atoms with Gasteiger partial charge in [-0.05, 0) is 5.92 Å². The number of likely N-dealkylation sites (tertiary alicyclic amines) is 1. The molecule has 0 bridgehead atoms. The molecule has 6 heteroatoms. The van der Waals surface area contributed by atoms with E-state index >= 15 is 0 Å². The quantitative estimate of drug-likeness (QED) is 0.635. The first-order valence-electron chi connectivity index (χ1n) is 5.95. The van der Waals surface area contributed by atoms with Crippen molar-refractivity contribution in [3.63, 3.8) is 0 Å². The zero-order valence-electron chi connectivity index (χ0n) is 10.3. The van der Waals surface area contributed by atoms with Gasteiger partial charge in [0.2, 0.25) is 5.91 Å². The van der Waals surface area contributed by atoms with Crippen molar-refractivity contribution in [2.45, 2.75) is 19.4 Å². The van der Waals surface area contributed by atoms with Crippen LogP contribution in [-0.4, -0.2) is 65.2 Å². The highest BCUT2D eigenvalue weighted by Gasteiger charge is 2.43. The van der Waals surface area contributed by atoms with Crippen LogP contribution in [0.2, 0.25) is 0 Å². The smallest absolute Gasteiger partial charge is 0.324 e. The number of carbonyl (C=O) groups is 2. The molecule has 17 heavy (non-hydrogen) atoms. The summed E-state index contributed by atoms with van der Waals surface area (Å²) in [5.74, 6) is 0.0603. The molecule has 2 fully saturated rings. The number of nitrogens with one attached hydrogen (secondary N) is 1. The molecular formula is C11H19N3O3. The summed E-state index contributed by atoms with van der Waals surface area (Å²) >= 11 is 0. The Morgan fingerprint density at radius 3 is 2.47 bits per heavy atom. The van der Waals surface area contributed by atoms with Crippen molar-refractivity contribution < 1.29 is 14.7 Å². The zero-order valence-corrected chi connectivity index (χ0v) is 10.3. The van der Waals surface area contributed by atoms with Crippen LogP contribution in [0, 0.1) is 5.92 Å². The molecule has 6 nitrogen and oxygen atoms in total. The molecule has 0 spiro atoms. The van der Waals surface area contributed by atoms with Gasteiger partial charge < -0.3 is 10.4 Å². The average molecular weight is 241 g/mol. The van der Waals surface area contributed by atoms with E-state index in [1.54, 1.807) is 0 Å². The molecule has 2 saturated heterocycles. The van der Waals surface area contributed by atoms with Crippen LogP contribution in [0.15, 0.2) is 0 Å². The lowest BCUT2D eigenvalue weighted by atomic mass is 9.83. The lowest BCUT2D eigenvalue weighted by Gasteiger charge is -2.49. The Morgan fingerprint density at radius 1 is 1.35 bits per heavy atom. The number of amides is 3. The second-order valence-corrected chi connectivity index (χ2v) is 5.17. The number of aliphatic hydroxyl groups is 1. The Hall–Kier alpha value is -1.14. The molecule has 0 aromatic rings. The first-order valence-corrected chi connectivity index (χ1v) is 5.95. The Kier molecular flexibility index (Phi) is 3.09. The number of nitrogens with zero attached hydrogens (tertiary/aromatic N) is 2. The summed E-state index contributed by atoms with van der Waals surface area (Å²) in [4.78, 5) is 25.9. The maximum Gasteiger partial charge on any atom is 0.324 e. The molecule has 0 aromatic heterocycles. The van der Waals surface area contributed by atoms with Gasteiger partial charge in [-0.1, -0.05) is 13.8 Å². The monoisotopic (exact) mass is 241 g/mol. The van der Waals surface area contributed by atoms with E-state index in [2.05, 4.69) is 10.2 Å². The number of hydrogen-bond acceptors (Lipinski definition) is 4. The van der Waals surface area contributed by atoms with Crippen molar-refractivity contribution in [3.8, 4) is 0 Å². The minimum atomic E-state index is -0.600. The summed E-state index contributed by atoms with van der Waals surface area (Å²) in [5.41, 5.74) is -0.600. The minimum Gasteiger partial charge on any atom is -0.387 e. The fourth-order valence-electron chi connectivity index (χ4n) is 2.17. The summed E-state index contributed by atoms with van der Waals surface area (Å²) in [7, 11) is 0. The SMILES string of the molecule is CC(C)C1(O)CN(CCN2C(=O)CNC2=O)C1. The van der Waals surface area contributed by atoms with Crippen molar-refractivity contribution in [3.05, 3.63) is 0 Å². The normalized spacial score (nSPS) is 24.1. The summed E-state index contributed by atoms with van der Waals surface area (Å²) < 4.78 is 0. The molecule has 0 unspecified atom stereocenters. The van der Waals surface area contributed by atoms with Gasteiger partial charge in [0.1, 0.15) is 0 Å². The predicted molar refractivity (Wildman–Crippen MR) is 61.3 cm³/mol. The summed E-state index contributed by atoms with van der Waals surface area (Å²) in [6.07, 6.45) is 0. The van der Waals surface area contributed by atoms with E-state index in [1.165, 1.54) is 4.90 Å². The largest absolute Gasteiger partial charge is 0.387 e. The van der Waals surface area contributed by atoms with E-state index in [0.717, 1.165) is 0 Å². The molecule has 3 amide bonds. The summed E-state index contributed by atoms with van der Waals surface area (Å²) in [6, 6.07) is -0.311. The molecule has 0 aromatic carbocycles. The Balaban J connectivity index is 1.75. The Bertz CT molecular complexity index is 321. The van der Waals surface area contributed by atoms with Gasteiger partial charge in [0, 0.05) is 26.2 Å². The van der Waals surface area contributed by atoms with Crippen molar-refractivity contribution in [1.29, 1.82) is 0 Å².